The van der Waals surface area contributed by atoms with E-state index in [2.05, 4.69) is 13.8 Å². The van der Waals surface area contributed by atoms with Crippen LogP contribution in [0, 0.1) is 0 Å². The summed E-state index contributed by atoms with van der Waals surface area (Å²) < 4.78 is 24.8. The van der Waals surface area contributed by atoms with Gasteiger partial charge in [-0.2, -0.15) is 0 Å². The third kappa shape index (κ3) is 5.37. The second-order valence-corrected chi connectivity index (χ2v) is 7.91. The van der Waals surface area contributed by atoms with Gasteiger partial charge in [0, 0.05) is 5.39 Å². The van der Waals surface area contributed by atoms with E-state index in [1.807, 2.05) is 42.5 Å². The number of hydrogen-bond acceptors (Lipinski definition) is 3. The molecule has 3 nitrogen and oxygen atoms in total. The van der Waals surface area contributed by atoms with Crippen LogP contribution in [0.4, 0.5) is 0 Å². The molecule has 1 atom stereocenters. The molecule has 0 spiro atoms. The van der Waals surface area contributed by atoms with E-state index in [0.717, 1.165) is 42.9 Å². The third-order valence-electron chi connectivity index (χ3n) is 3.81. The van der Waals surface area contributed by atoms with Crippen LogP contribution in [0.3, 0.4) is 0 Å². The van der Waals surface area contributed by atoms with Crippen molar-refractivity contribution in [2.24, 2.45) is 0 Å². The first kappa shape index (κ1) is 18.0. The van der Waals surface area contributed by atoms with Crippen molar-refractivity contribution < 1.29 is 13.6 Å². The van der Waals surface area contributed by atoms with Crippen molar-refractivity contribution in [3.63, 3.8) is 0 Å². The van der Waals surface area contributed by atoms with Gasteiger partial charge in [0.15, 0.2) is 0 Å². The monoisotopic (exact) mass is 334 g/mol. The van der Waals surface area contributed by atoms with Crippen LogP contribution in [0.25, 0.3) is 10.8 Å². The van der Waals surface area contributed by atoms with Gasteiger partial charge in [0.2, 0.25) is 0 Å². The first-order valence-corrected chi connectivity index (χ1v) is 10.3. The normalized spacial score (nSPS) is 13.8. The summed E-state index contributed by atoms with van der Waals surface area (Å²) in [6, 6.07) is 13.8. The van der Waals surface area contributed by atoms with Crippen LogP contribution in [0.2, 0.25) is 0 Å². The lowest BCUT2D eigenvalue weighted by molar-refractivity contribution is 0.258. The van der Waals surface area contributed by atoms with Gasteiger partial charge in [0.1, 0.15) is 5.75 Å². The zero-order valence-electron chi connectivity index (χ0n) is 14.2. The van der Waals surface area contributed by atoms with Crippen LogP contribution >= 0.6 is 7.60 Å². The van der Waals surface area contributed by atoms with Crippen molar-refractivity contribution in [2.45, 2.75) is 46.0 Å². The van der Waals surface area contributed by atoms with Gasteiger partial charge in [-0.25, -0.2) is 4.57 Å². The van der Waals surface area contributed by atoms with Crippen molar-refractivity contribution in [1.82, 2.24) is 0 Å². The van der Waals surface area contributed by atoms with E-state index >= 15 is 0 Å². The quantitative estimate of drug-likeness (QED) is 0.371. The molecule has 0 aliphatic rings. The lowest BCUT2D eigenvalue weighted by atomic mass is 10.1. The molecule has 2 rings (SSSR count). The van der Waals surface area contributed by atoms with E-state index in [4.69, 9.17) is 9.05 Å². The van der Waals surface area contributed by atoms with Gasteiger partial charge in [-0.1, -0.05) is 69.5 Å². The number of hydrogen-bond donors (Lipinski definition) is 0. The smallest absolute Gasteiger partial charge is 0.379 e. The Morgan fingerprint density at radius 2 is 1.65 bits per heavy atom. The highest BCUT2D eigenvalue weighted by molar-refractivity contribution is 7.54. The van der Waals surface area contributed by atoms with E-state index in [-0.39, 0.29) is 0 Å². The maximum absolute atomic E-state index is 13.1. The molecule has 0 aliphatic carbocycles. The highest BCUT2D eigenvalue weighted by Crippen LogP contribution is 2.50. The van der Waals surface area contributed by atoms with Crippen molar-refractivity contribution in [1.29, 1.82) is 0 Å². The van der Waals surface area contributed by atoms with E-state index in [9.17, 15) is 4.57 Å². The number of fused-ring (bicyclic) bond motifs is 1. The molecule has 4 heteroatoms. The molecular weight excluding hydrogens is 307 g/mol. The van der Waals surface area contributed by atoms with E-state index in [1.54, 1.807) is 0 Å². The number of benzene rings is 2. The molecule has 0 bridgehead atoms. The molecule has 0 aliphatic heterocycles. The van der Waals surface area contributed by atoms with Crippen LogP contribution in [0.1, 0.15) is 46.0 Å². The summed E-state index contributed by atoms with van der Waals surface area (Å²) in [4.78, 5) is 0. The topological polar surface area (TPSA) is 35.5 Å². The Labute approximate surface area is 139 Å². The second kappa shape index (κ2) is 9.10. The molecule has 0 saturated heterocycles. The average Bonchev–Trinajstić information content (AvgIpc) is 2.58. The number of unbranched alkanes of at least 4 members (excludes halogenated alkanes) is 3. The summed E-state index contributed by atoms with van der Waals surface area (Å²) in [5.41, 5.74) is 0. The van der Waals surface area contributed by atoms with Crippen LogP contribution in [-0.4, -0.2) is 12.8 Å². The van der Waals surface area contributed by atoms with Gasteiger partial charge in [-0.3, -0.25) is 4.52 Å². The Hall–Kier alpha value is -1.31. The zero-order chi connectivity index (χ0) is 16.5. The Morgan fingerprint density at radius 1 is 0.913 bits per heavy atom. The minimum absolute atomic E-state index is 0.471. The fourth-order valence-corrected chi connectivity index (χ4v) is 4.31. The fourth-order valence-electron chi connectivity index (χ4n) is 2.47. The molecule has 1 unspecified atom stereocenters. The summed E-state index contributed by atoms with van der Waals surface area (Å²) in [6.07, 6.45) is 5.41. The largest absolute Gasteiger partial charge is 0.424 e. The SMILES string of the molecule is CCCCCOP(=O)(CCCC)Oc1cccc2ccccc12. The Bertz CT molecular complexity index is 649. The highest BCUT2D eigenvalue weighted by atomic mass is 31.2. The summed E-state index contributed by atoms with van der Waals surface area (Å²) in [7, 11) is -3.10. The first-order valence-electron chi connectivity index (χ1n) is 8.59. The zero-order valence-corrected chi connectivity index (χ0v) is 15.1. The summed E-state index contributed by atoms with van der Waals surface area (Å²) in [5, 5.41) is 2.06. The minimum atomic E-state index is -3.10. The Balaban J connectivity index is 2.16. The van der Waals surface area contributed by atoms with Gasteiger partial charge < -0.3 is 4.52 Å². The Morgan fingerprint density at radius 3 is 2.43 bits per heavy atom. The van der Waals surface area contributed by atoms with E-state index < -0.39 is 7.60 Å². The fraction of sp³-hybridized carbons (Fsp3) is 0.474. The molecule has 0 aromatic heterocycles. The third-order valence-corrected chi connectivity index (χ3v) is 5.72. The van der Waals surface area contributed by atoms with Crippen LogP contribution in [0.5, 0.6) is 5.75 Å². The predicted molar refractivity (Wildman–Crippen MR) is 97.4 cm³/mol. The first-order chi connectivity index (χ1) is 11.2. The minimum Gasteiger partial charge on any atom is -0.424 e. The van der Waals surface area contributed by atoms with E-state index in [0.29, 0.717) is 18.5 Å². The molecule has 0 radical (unpaired) electrons. The maximum atomic E-state index is 13.1. The molecule has 23 heavy (non-hydrogen) atoms. The van der Waals surface area contributed by atoms with Crippen LogP contribution < -0.4 is 4.52 Å². The molecule has 126 valence electrons. The van der Waals surface area contributed by atoms with Crippen molar-refractivity contribution in [3.8, 4) is 5.75 Å². The van der Waals surface area contributed by atoms with Crippen molar-refractivity contribution in [3.05, 3.63) is 42.5 Å². The van der Waals surface area contributed by atoms with E-state index in [1.165, 1.54) is 0 Å². The molecule has 0 heterocycles. The molecule has 2 aromatic rings. The summed E-state index contributed by atoms with van der Waals surface area (Å²) in [5.74, 6) is 0.651. The molecule has 2 aromatic carbocycles. The van der Waals surface area contributed by atoms with Crippen LogP contribution in [0.15, 0.2) is 42.5 Å². The lowest BCUT2D eigenvalue weighted by Gasteiger charge is -2.20. The van der Waals surface area contributed by atoms with Gasteiger partial charge in [-0.15, -0.1) is 0 Å². The van der Waals surface area contributed by atoms with Crippen molar-refractivity contribution >= 4 is 18.4 Å². The van der Waals surface area contributed by atoms with Crippen molar-refractivity contribution in [2.75, 3.05) is 12.8 Å². The molecule has 0 saturated carbocycles. The molecule has 0 amide bonds. The van der Waals surface area contributed by atoms with Gasteiger partial charge in [0.25, 0.3) is 0 Å². The van der Waals surface area contributed by atoms with Crippen LogP contribution in [-0.2, 0) is 9.09 Å². The molecular formula is C19H27O3P. The Kier molecular flexibility index (Phi) is 7.14. The average molecular weight is 334 g/mol. The standard InChI is InChI=1S/C19H27O3P/c1-3-5-9-15-21-23(20,16-6-4-2)22-19-14-10-12-17-11-7-8-13-18(17)19/h7-8,10-14H,3-6,9,15-16H2,1-2H3. The van der Waals surface area contributed by atoms with Gasteiger partial charge in [-0.05, 0) is 24.3 Å². The number of rotatable bonds is 10. The van der Waals surface area contributed by atoms with Gasteiger partial charge >= 0.3 is 7.60 Å². The molecule has 0 fully saturated rings. The lowest BCUT2D eigenvalue weighted by Crippen LogP contribution is -2.04. The predicted octanol–water partition coefficient (Wildman–Crippen LogP) is 6.42. The summed E-state index contributed by atoms with van der Waals surface area (Å²) >= 11 is 0. The molecule has 0 N–H and O–H groups in total. The maximum Gasteiger partial charge on any atom is 0.379 e. The highest BCUT2D eigenvalue weighted by Gasteiger charge is 2.26. The van der Waals surface area contributed by atoms with Gasteiger partial charge in [0.05, 0.1) is 12.8 Å². The second-order valence-electron chi connectivity index (χ2n) is 5.80. The summed E-state index contributed by atoms with van der Waals surface area (Å²) in [6.45, 7) is 4.72.